The van der Waals surface area contributed by atoms with Gasteiger partial charge in [0.15, 0.2) is 5.82 Å². The first kappa shape index (κ1) is 13.1. The summed E-state index contributed by atoms with van der Waals surface area (Å²) in [5.41, 5.74) is 0. The largest absolute Gasteiger partial charge is 0.360 e. The van der Waals surface area contributed by atoms with Crippen LogP contribution in [-0.4, -0.2) is 35.6 Å². The number of carbonyl (C=O) groups excluding carboxylic acids is 1. The number of likely N-dealkylation sites (tertiary alicyclic amines) is 1. The molecule has 5 nitrogen and oxygen atoms in total. The Morgan fingerprint density at radius 1 is 1.39 bits per heavy atom. The van der Waals surface area contributed by atoms with Gasteiger partial charge >= 0.3 is 0 Å². The summed E-state index contributed by atoms with van der Waals surface area (Å²) in [6.07, 6.45) is 5.67. The average Bonchev–Trinajstić information content (AvgIpc) is 2.62. The SMILES string of the molecule is Cc1cc(NC(=O)CCN2CCCCCC2)no1. The lowest BCUT2D eigenvalue weighted by molar-refractivity contribution is -0.116. The van der Waals surface area contributed by atoms with Gasteiger partial charge in [-0.3, -0.25) is 4.79 Å². The van der Waals surface area contributed by atoms with Gasteiger partial charge in [0.25, 0.3) is 0 Å². The van der Waals surface area contributed by atoms with Crippen LogP contribution in [0.5, 0.6) is 0 Å². The molecule has 5 heteroatoms. The Balaban J connectivity index is 1.70. The van der Waals surface area contributed by atoms with Gasteiger partial charge in [-0.1, -0.05) is 18.0 Å². The molecule has 0 unspecified atom stereocenters. The first-order valence-electron chi connectivity index (χ1n) is 6.69. The minimum absolute atomic E-state index is 0.00699. The van der Waals surface area contributed by atoms with Crippen molar-refractivity contribution in [3.8, 4) is 0 Å². The molecule has 1 saturated heterocycles. The molecule has 1 fully saturated rings. The average molecular weight is 251 g/mol. The molecule has 0 saturated carbocycles. The van der Waals surface area contributed by atoms with Gasteiger partial charge in [0.1, 0.15) is 5.76 Å². The van der Waals surface area contributed by atoms with Gasteiger partial charge in [0, 0.05) is 19.0 Å². The molecule has 0 bridgehead atoms. The van der Waals surface area contributed by atoms with Crippen molar-refractivity contribution in [3.05, 3.63) is 11.8 Å². The van der Waals surface area contributed by atoms with Crippen molar-refractivity contribution in [3.63, 3.8) is 0 Å². The van der Waals surface area contributed by atoms with Gasteiger partial charge in [-0.15, -0.1) is 0 Å². The Bertz CT molecular complexity index is 381. The third-order valence-electron chi connectivity index (χ3n) is 3.25. The Morgan fingerprint density at radius 3 is 2.72 bits per heavy atom. The second-order valence-electron chi connectivity index (χ2n) is 4.88. The lowest BCUT2D eigenvalue weighted by atomic mass is 10.2. The molecule has 100 valence electrons. The highest BCUT2D eigenvalue weighted by Gasteiger charge is 2.11. The zero-order valence-corrected chi connectivity index (χ0v) is 10.9. The molecule has 1 aromatic heterocycles. The molecule has 1 aromatic rings. The summed E-state index contributed by atoms with van der Waals surface area (Å²) in [6, 6.07) is 1.73. The fourth-order valence-corrected chi connectivity index (χ4v) is 2.25. The van der Waals surface area contributed by atoms with Gasteiger partial charge in [-0.2, -0.15) is 0 Å². The lowest BCUT2D eigenvalue weighted by Gasteiger charge is -2.18. The quantitative estimate of drug-likeness (QED) is 0.891. The van der Waals surface area contributed by atoms with E-state index >= 15 is 0 Å². The molecule has 0 aromatic carbocycles. The van der Waals surface area contributed by atoms with Gasteiger partial charge in [0.2, 0.25) is 5.91 Å². The fraction of sp³-hybridized carbons (Fsp3) is 0.692. The molecule has 2 heterocycles. The maximum Gasteiger partial charge on any atom is 0.226 e. The van der Waals surface area contributed by atoms with Gasteiger partial charge in [0.05, 0.1) is 0 Å². The van der Waals surface area contributed by atoms with E-state index in [4.69, 9.17) is 4.52 Å². The van der Waals surface area contributed by atoms with E-state index in [-0.39, 0.29) is 5.91 Å². The Labute approximate surface area is 108 Å². The maximum absolute atomic E-state index is 11.7. The molecular weight excluding hydrogens is 230 g/mol. The van der Waals surface area contributed by atoms with Crippen LogP contribution in [0.15, 0.2) is 10.6 Å². The third-order valence-corrected chi connectivity index (χ3v) is 3.25. The van der Waals surface area contributed by atoms with E-state index in [0.717, 1.165) is 19.6 Å². The van der Waals surface area contributed by atoms with E-state index in [2.05, 4.69) is 15.4 Å². The topological polar surface area (TPSA) is 58.4 Å². The van der Waals surface area contributed by atoms with Crippen LogP contribution in [-0.2, 0) is 4.79 Å². The number of anilines is 1. The Morgan fingerprint density at radius 2 is 2.11 bits per heavy atom. The van der Waals surface area contributed by atoms with Crippen molar-refractivity contribution in [2.45, 2.75) is 39.0 Å². The number of nitrogens with one attached hydrogen (secondary N) is 1. The van der Waals surface area contributed by atoms with Gasteiger partial charge < -0.3 is 14.7 Å². The van der Waals surface area contributed by atoms with Gasteiger partial charge in [-0.05, 0) is 32.9 Å². The van der Waals surface area contributed by atoms with Crippen LogP contribution >= 0.6 is 0 Å². The smallest absolute Gasteiger partial charge is 0.226 e. The van der Waals surface area contributed by atoms with Crippen molar-refractivity contribution in [1.29, 1.82) is 0 Å². The lowest BCUT2D eigenvalue weighted by Crippen LogP contribution is -2.28. The fourth-order valence-electron chi connectivity index (χ4n) is 2.25. The number of carbonyl (C=O) groups is 1. The van der Waals surface area contributed by atoms with E-state index in [9.17, 15) is 4.79 Å². The molecule has 0 atom stereocenters. The number of nitrogens with zero attached hydrogens (tertiary/aromatic N) is 2. The molecule has 0 radical (unpaired) electrons. The molecule has 0 aliphatic carbocycles. The molecule has 18 heavy (non-hydrogen) atoms. The highest BCUT2D eigenvalue weighted by molar-refractivity contribution is 5.89. The summed E-state index contributed by atoms with van der Waals surface area (Å²) in [5, 5.41) is 6.49. The first-order chi connectivity index (χ1) is 8.74. The zero-order chi connectivity index (χ0) is 12.8. The van der Waals surface area contributed by atoms with E-state index in [1.54, 1.807) is 13.0 Å². The molecule has 2 rings (SSSR count). The zero-order valence-electron chi connectivity index (χ0n) is 10.9. The number of amides is 1. The molecule has 1 aliphatic heterocycles. The second kappa shape index (κ2) is 6.54. The van der Waals surface area contributed by atoms with Crippen molar-refractivity contribution >= 4 is 11.7 Å². The van der Waals surface area contributed by atoms with Crippen LogP contribution in [0.25, 0.3) is 0 Å². The highest BCUT2D eigenvalue weighted by Crippen LogP contribution is 2.11. The Kier molecular flexibility index (Phi) is 4.75. The summed E-state index contributed by atoms with van der Waals surface area (Å²) in [6.45, 7) is 4.88. The normalized spacial score (nSPS) is 17.4. The summed E-state index contributed by atoms with van der Waals surface area (Å²) in [4.78, 5) is 14.1. The summed E-state index contributed by atoms with van der Waals surface area (Å²) >= 11 is 0. The highest BCUT2D eigenvalue weighted by atomic mass is 16.5. The predicted molar refractivity (Wildman–Crippen MR) is 69.4 cm³/mol. The number of rotatable bonds is 4. The van der Waals surface area contributed by atoms with E-state index in [1.807, 2.05) is 0 Å². The number of hydrogen-bond donors (Lipinski definition) is 1. The predicted octanol–water partition coefficient (Wildman–Crippen LogP) is 2.19. The van der Waals surface area contributed by atoms with Crippen LogP contribution in [0, 0.1) is 6.92 Å². The van der Waals surface area contributed by atoms with Crippen molar-refractivity contribution < 1.29 is 9.32 Å². The minimum Gasteiger partial charge on any atom is -0.360 e. The Hall–Kier alpha value is -1.36. The van der Waals surface area contributed by atoms with Gasteiger partial charge in [-0.25, -0.2) is 0 Å². The first-order valence-corrected chi connectivity index (χ1v) is 6.69. The van der Waals surface area contributed by atoms with Crippen LogP contribution in [0.2, 0.25) is 0 Å². The van der Waals surface area contributed by atoms with Crippen molar-refractivity contribution in [1.82, 2.24) is 10.1 Å². The molecule has 1 aliphatic rings. The van der Waals surface area contributed by atoms with E-state index in [1.165, 1.54) is 25.7 Å². The van der Waals surface area contributed by atoms with E-state index < -0.39 is 0 Å². The van der Waals surface area contributed by atoms with Crippen LogP contribution in [0.3, 0.4) is 0 Å². The monoisotopic (exact) mass is 251 g/mol. The number of aryl methyl sites for hydroxylation is 1. The second-order valence-corrected chi connectivity index (χ2v) is 4.88. The third kappa shape index (κ3) is 4.14. The summed E-state index contributed by atoms with van der Waals surface area (Å²) in [5.74, 6) is 1.22. The van der Waals surface area contributed by atoms with Crippen molar-refractivity contribution in [2.24, 2.45) is 0 Å². The molecular formula is C13H21N3O2. The maximum atomic E-state index is 11.7. The van der Waals surface area contributed by atoms with Crippen molar-refractivity contribution in [2.75, 3.05) is 25.0 Å². The molecule has 1 amide bonds. The summed E-state index contributed by atoms with van der Waals surface area (Å²) in [7, 11) is 0. The molecule has 0 spiro atoms. The van der Waals surface area contributed by atoms with Crippen LogP contribution in [0.1, 0.15) is 37.9 Å². The van der Waals surface area contributed by atoms with E-state index in [0.29, 0.717) is 18.0 Å². The summed E-state index contributed by atoms with van der Waals surface area (Å²) < 4.78 is 4.90. The minimum atomic E-state index is 0.00699. The molecule has 1 N–H and O–H groups in total. The standard InChI is InChI=1S/C13H21N3O2/c1-11-10-12(15-18-11)14-13(17)6-9-16-7-4-2-3-5-8-16/h10H,2-9H2,1H3,(H,14,15,17). The van der Waals surface area contributed by atoms with Crippen LogP contribution < -0.4 is 5.32 Å². The van der Waals surface area contributed by atoms with Crippen LogP contribution in [0.4, 0.5) is 5.82 Å². The number of aromatic nitrogens is 1. The number of hydrogen-bond acceptors (Lipinski definition) is 4.